The van der Waals surface area contributed by atoms with E-state index in [0.29, 0.717) is 25.4 Å². The van der Waals surface area contributed by atoms with Crippen molar-refractivity contribution in [2.75, 3.05) is 32.8 Å². The quantitative estimate of drug-likeness (QED) is 0.560. The molecular weight excluding hydrogens is 380 g/mol. The molecule has 1 atom stereocenters. The first-order valence-electron chi connectivity index (χ1n) is 10.1. The van der Waals surface area contributed by atoms with Crippen LogP contribution in [0.15, 0.2) is 60.7 Å². The van der Waals surface area contributed by atoms with Crippen molar-refractivity contribution in [1.29, 1.82) is 0 Å². The molecule has 6 heteroatoms. The van der Waals surface area contributed by atoms with E-state index in [1.165, 1.54) is 0 Å². The summed E-state index contributed by atoms with van der Waals surface area (Å²) >= 11 is 0. The average Bonchev–Trinajstić information content (AvgIpc) is 2.77. The van der Waals surface area contributed by atoms with Crippen LogP contribution in [0, 0.1) is 0 Å². The Labute approximate surface area is 175 Å². The van der Waals surface area contributed by atoms with Crippen molar-refractivity contribution in [2.24, 2.45) is 0 Å². The van der Waals surface area contributed by atoms with E-state index in [4.69, 9.17) is 4.74 Å². The van der Waals surface area contributed by atoms with E-state index in [2.05, 4.69) is 17.4 Å². The van der Waals surface area contributed by atoms with Crippen molar-refractivity contribution in [2.45, 2.75) is 12.7 Å². The van der Waals surface area contributed by atoms with Gasteiger partial charge in [-0.1, -0.05) is 36.4 Å². The summed E-state index contributed by atoms with van der Waals surface area (Å²) in [5, 5.41) is 24.5. The smallest absolute Gasteiger partial charge is 0.234 e. The summed E-state index contributed by atoms with van der Waals surface area (Å²) in [6.07, 6.45) is -0.659. The first kappa shape index (κ1) is 20.3. The normalized spacial score (nSPS) is 15.7. The molecule has 0 saturated carbocycles. The van der Waals surface area contributed by atoms with E-state index in [0.717, 1.165) is 34.0 Å². The first-order valence-corrected chi connectivity index (χ1v) is 10.1. The number of piperazine rings is 1. The molecule has 0 bridgehead atoms. The minimum atomic E-state index is -0.659. The number of aliphatic hydroxyl groups excluding tert-OH is 2. The summed E-state index contributed by atoms with van der Waals surface area (Å²) in [5.41, 5.74) is 3.05. The van der Waals surface area contributed by atoms with Gasteiger partial charge in [0.15, 0.2) is 0 Å². The number of carbonyl (C=O) groups is 1. The number of fused-ring (bicyclic) bond motifs is 1. The Morgan fingerprint density at radius 1 is 1.03 bits per heavy atom. The van der Waals surface area contributed by atoms with Crippen LogP contribution in [0.25, 0.3) is 21.9 Å². The molecule has 30 heavy (non-hydrogen) atoms. The maximum atomic E-state index is 11.4. The van der Waals surface area contributed by atoms with Gasteiger partial charge in [-0.25, -0.2) is 0 Å². The second-order valence-corrected chi connectivity index (χ2v) is 7.63. The van der Waals surface area contributed by atoms with Gasteiger partial charge in [0.1, 0.15) is 18.5 Å². The number of amides is 1. The van der Waals surface area contributed by atoms with Crippen LogP contribution >= 0.6 is 0 Å². The lowest BCUT2D eigenvalue weighted by atomic mass is 10.00. The zero-order valence-corrected chi connectivity index (χ0v) is 16.8. The van der Waals surface area contributed by atoms with Crippen LogP contribution in [0.5, 0.6) is 5.75 Å². The molecule has 3 N–H and O–H groups in total. The molecule has 6 nitrogen and oxygen atoms in total. The van der Waals surface area contributed by atoms with Crippen molar-refractivity contribution >= 4 is 16.7 Å². The molecule has 1 aliphatic heterocycles. The molecule has 4 rings (SSSR count). The highest BCUT2D eigenvalue weighted by atomic mass is 16.5. The molecule has 1 saturated heterocycles. The number of β-amino-alcohol motifs (C(OH)–C–C–N with tert-alkyl or cyclic N) is 1. The third kappa shape index (κ3) is 4.97. The largest absolute Gasteiger partial charge is 0.491 e. The third-order valence-corrected chi connectivity index (χ3v) is 5.28. The second-order valence-electron chi connectivity index (χ2n) is 7.63. The van der Waals surface area contributed by atoms with E-state index in [1.807, 2.05) is 53.4 Å². The summed E-state index contributed by atoms with van der Waals surface area (Å²) in [6, 6.07) is 20.0. The van der Waals surface area contributed by atoms with Crippen LogP contribution in [-0.4, -0.2) is 59.9 Å². The van der Waals surface area contributed by atoms with Gasteiger partial charge in [0.2, 0.25) is 5.91 Å². The van der Waals surface area contributed by atoms with E-state index in [-0.39, 0.29) is 19.1 Å². The van der Waals surface area contributed by atoms with Crippen LogP contribution in [-0.2, 0) is 11.4 Å². The van der Waals surface area contributed by atoms with Crippen LogP contribution in [0.4, 0.5) is 0 Å². The number of nitrogens with one attached hydrogen (secondary N) is 1. The zero-order chi connectivity index (χ0) is 20.9. The predicted molar refractivity (Wildman–Crippen MR) is 116 cm³/mol. The fourth-order valence-electron chi connectivity index (χ4n) is 3.73. The molecular formula is C24H26N2O4. The van der Waals surface area contributed by atoms with E-state index in [9.17, 15) is 15.0 Å². The number of rotatable bonds is 7. The molecule has 0 aliphatic carbocycles. The van der Waals surface area contributed by atoms with Gasteiger partial charge in [0, 0.05) is 19.6 Å². The van der Waals surface area contributed by atoms with E-state index >= 15 is 0 Å². The molecule has 0 spiro atoms. The monoisotopic (exact) mass is 406 g/mol. The molecule has 3 aromatic rings. The zero-order valence-electron chi connectivity index (χ0n) is 16.8. The van der Waals surface area contributed by atoms with Gasteiger partial charge in [0.05, 0.1) is 13.2 Å². The molecule has 156 valence electrons. The lowest BCUT2D eigenvalue weighted by Gasteiger charge is -2.28. The third-order valence-electron chi connectivity index (χ3n) is 5.28. The molecule has 3 aromatic carbocycles. The van der Waals surface area contributed by atoms with E-state index < -0.39 is 6.10 Å². The van der Waals surface area contributed by atoms with Crippen LogP contribution in [0.2, 0.25) is 0 Å². The summed E-state index contributed by atoms with van der Waals surface area (Å²) in [7, 11) is 0. The number of nitrogens with zero attached hydrogens (tertiary/aromatic N) is 1. The number of carbonyl (C=O) groups excluding carboxylic acids is 1. The Bertz CT molecular complexity index is 1040. The number of benzene rings is 3. The molecule has 1 unspecified atom stereocenters. The molecule has 0 radical (unpaired) electrons. The van der Waals surface area contributed by atoms with E-state index in [1.54, 1.807) is 0 Å². The van der Waals surface area contributed by atoms with Gasteiger partial charge in [-0.15, -0.1) is 0 Å². The van der Waals surface area contributed by atoms with Gasteiger partial charge in [-0.05, 0) is 51.7 Å². The summed E-state index contributed by atoms with van der Waals surface area (Å²) in [4.78, 5) is 13.4. The highest BCUT2D eigenvalue weighted by Gasteiger charge is 2.19. The van der Waals surface area contributed by atoms with Gasteiger partial charge in [-0.2, -0.15) is 0 Å². The van der Waals surface area contributed by atoms with Crippen molar-refractivity contribution < 1.29 is 19.7 Å². The number of hydrogen-bond acceptors (Lipinski definition) is 5. The highest BCUT2D eigenvalue weighted by Crippen LogP contribution is 2.27. The van der Waals surface area contributed by atoms with Crippen LogP contribution in [0.1, 0.15) is 5.56 Å². The molecule has 1 heterocycles. The van der Waals surface area contributed by atoms with Crippen molar-refractivity contribution in [1.82, 2.24) is 10.2 Å². The Morgan fingerprint density at radius 3 is 2.67 bits per heavy atom. The highest BCUT2D eigenvalue weighted by molar-refractivity contribution is 5.88. The SMILES string of the molecule is O=C1CN(CC(O)COc2ccc3cc(-c4cccc(CO)c4)ccc3c2)CCN1. The second kappa shape index (κ2) is 9.26. The lowest BCUT2D eigenvalue weighted by molar-refractivity contribution is -0.124. The topological polar surface area (TPSA) is 82.0 Å². The van der Waals surface area contributed by atoms with Crippen LogP contribution in [0.3, 0.4) is 0 Å². The van der Waals surface area contributed by atoms with Crippen molar-refractivity contribution in [3.8, 4) is 16.9 Å². The van der Waals surface area contributed by atoms with Crippen LogP contribution < -0.4 is 10.1 Å². The Hall–Kier alpha value is -2.93. The Balaban J connectivity index is 1.40. The standard InChI is InChI=1S/C24H26N2O4/c27-15-17-2-1-3-18(10-17)19-4-5-21-12-23(7-6-20(21)11-19)30-16-22(28)13-26-9-8-25-24(29)14-26/h1-7,10-12,22,27-28H,8-9,13-16H2,(H,25,29). The average molecular weight is 406 g/mol. The maximum Gasteiger partial charge on any atom is 0.234 e. The summed E-state index contributed by atoms with van der Waals surface area (Å²) in [6.45, 7) is 2.29. The number of ether oxygens (including phenoxy) is 1. The van der Waals surface area contributed by atoms with Gasteiger partial charge in [0.25, 0.3) is 0 Å². The first-order chi connectivity index (χ1) is 14.6. The van der Waals surface area contributed by atoms with Gasteiger partial charge in [-0.3, -0.25) is 9.69 Å². The number of aliphatic hydroxyl groups is 2. The minimum absolute atomic E-state index is 0.00801. The molecule has 1 aliphatic rings. The molecule has 1 amide bonds. The van der Waals surface area contributed by atoms with Crippen molar-refractivity contribution in [3.05, 3.63) is 66.2 Å². The summed E-state index contributed by atoms with van der Waals surface area (Å²) in [5.74, 6) is 0.694. The minimum Gasteiger partial charge on any atom is -0.491 e. The van der Waals surface area contributed by atoms with Gasteiger partial charge < -0.3 is 20.3 Å². The summed E-state index contributed by atoms with van der Waals surface area (Å²) < 4.78 is 5.78. The maximum absolute atomic E-state index is 11.4. The lowest BCUT2D eigenvalue weighted by Crippen LogP contribution is -2.50. The van der Waals surface area contributed by atoms with Gasteiger partial charge >= 0.3 is 0 Å². The Morgan fingerprint density at radius 2 is 1.83 bits per heavy atom. The van der Waals surface area contributed by atoms with Crippen molar-refractivity contribution in [3.63, 3.8) is 0 Å². The molecule has 1 fully saturated rings. The fourth-order valence-corrected chi connectivity index (χ4v) is 3.73. The predicted octanol–water partition coefficient (Wildman–Crippen LogP) is 2.17. The fraction of sp³-hybridized carbons (Fsp3) is 0.292. The number of hydrogen-bond donors (Lipinski definition) is 3. The Kier molecular flexibility index (Phi) is 6.28. The molecule has 0 aromatic heterocycles.